The minimum absolute atomic E-state index is 0.225. The summed E-state index contributed by atoms with van der Waals surface area (Å²) >= 11 is 0. The third kappa shape index (κ3) is 3.95. The lowest BCUT2D eigenvalue weighted by Gasteiger charge is -2.07. The first-order valence-corrected chi connectivity index (χ1v) is 3.67. The van der Waals surface area contributed by atoms with Gasteiger partial charge in [0.15, 0.2) is 5.84 Å². The molecule has 0 unspecified atom stereocenters. The zero-order chi connectivity index (χ0) is 10.4. The van der Waals surface area contributed by atoms with Gasteiger partial charge in [0.25, 0.3) is 0 Å². The Morgan fingerprint density at radius 1 is 1.46 bits per heavy atom. The Bertz CT molecular complexity index is 274. The van der Waals surface area contributed by atoms with E-state index in [1.165, 1.54) is 13.1 Å². The molecule has 0 atom stereocenters. The lowest BCUT2D eigenvalue weighted by atomic mass is 10.3. The number of amides is 1. The molecule has 0 radical (unpaired) electrons. The van der Waals surface area contributed by atoms with E-state index in [4.69, 9.17) is 11.5 Å². The van der Waals surface area contributed by atoms with Crippen LogP contribution in [0.1, 0.15) is 13.8 Å². The maximum Gasteiger partial charge on any atom is 0.222 e. The highest BCUT2D eigenvalue weighted by molar-refractivity contribution is 6.07. The Balaban J connectivity index is 4.83. The van der Waals surface area contributed by atoms with Gasteiger partial charge in [0, 0.05) is 18.8 Å². The fourth-order valence-electron chi connectivity index (χ4n) is 0.614. The van der Waals surface area contributed by atoms with Gasteiger partial charge < -0.3 is 16.8 Å². The van der Waals surface area contributed by atoms with Crippen LogP contribution in [0.5, 0.6) is 0 Å². The molecule has 72 valence electrons. The summed E-state index contributed by atoms with van der Waals surface area (Å²) in [5.74, 6) is -0.0349. The molecule has 0 aliphatic carbocycles. The van der Waals surface area contributed by atoms with Crippen LogP contribution in [0.25, 0.3) is 0 Å². The van der Waals surface area contributed by atoms with Crippen LogP contribution in [-0.4, -0.2) is 11.7 Å². The quantitative estimate of drug-likeness (QED) is 0.408. The topological polar surface area (TPSA) is 93.5 Å². The van der Waals surface area contributed by atoms with Crippen molar-refractivity contribution >= 4 is 11.7 Å². The van der Waals surface area contributed by atoms with Gasteiger partial charge in [-0.15, -0.1) is 0 Å². The van der Waals surface area contributed by atoms with E-state index in [9.17, 15) is 4.79 Å². The highest BCUT2D eigenvalue weighted by atomic mass is 16.1. The summed E-state index contributed by atoms with van der Waals surface area (Å²) in [6.07, 6.45) is 1.28. The maximum atomic E-state index is 10.7. The summed E-state index contributed by atoms with van der Waals surface area (Å²) < 4.78 is 0. The zero-order valence-electron chi connectivity index (χ0n) is 7.79. The van der Waals surface area contributed by atoms with Crippen LogP contribution in [0.3, 0.4) is 0 Å². The van der Waals surface area contributed by atoms with Crippen molar-refractivity contribution in [3.63, 3.8) is 0 Å². The van der Waals surface area contributed by atoms with Crippen molar-refractivity contribution in [2.75, 3.05) is 0 Å². The van der Waals surface area contributed by atoms with Crippen LogP contribution < -0.4 is 16.8 Å². The first-order chi connectivity index (χ1) is 5.99. The van der Waals surface area contributed by atoms with E-state index >= 15 is 0 Å². The van der Waals surface area contributed by atoms with Gasteiger partial charge in [0.1, 0.15) is 0 Å². The molecule has 0 fully saturated rings. The first kappa shape index (κ1) is 11.2. The van der Waals surface area contributed by atoms with Gasteiger partial charge in [-0.2, -0.15) is 0 Å². The Hall–Kier alpha value is -1.78. The monoisotopic (exact) mass is 182 g/mol. The summed E-state index contributed by atoms with van der Waals surface area (Å²) in [6, 6.07) is 0. The molecule has 0 rings (SSSR count). The van der Waals surface area contributed by atoms with Crippen molar-refractivity contribution in [2.45, 2.75) is 13.8 Å². The fourth-order valence-corrected chi connectivity index (χ4v) is 0.614. The van der Waals surface area contributed by atoms with Crippen LogP contribution >= 0.6 is 0 Å². The van der Waals surface area contributed by atoms with Crippen LogP contribution in [0.15, 0.2) is 29.2 Å². The molecule has 5 nitrogen and oxygen atoms in total. The number of carbonyl (C=O) groups is 1. The van der Waals surface area contributed by atoms with Crippen molar-refractivity contribution in [2.24, 2.45) is 16.5 Å². The number of hydrogen-bond donors (Lipinski definition) is 3. The first-order valence-electron chi connectivity index (χ1n) is 3.67. The number of amidine groups is 1. The standard InChI is InChI=1S/C8H14N4O/c1-4-11-8(12-6(3)13)7(10)5(2)9/h4H,1,9-10H2,2-3H3,(H,11,12,13). The number of carbonyl (C=O) groups excluding carboxylic acids is 1. The fraction of sp³-hybridized carbons (Fsp3) is 0.250. The van der Waals surface area contributed by atoms with E-state index < -0.39 is 0 Å². The number of nitrogens with two attached hydrogens (primary N) is 2. The largest absolute Gasteiger partial charge is 0.401 e. The average Bonchev–Trinajstić information content (AvgIpc) is 2.01. The Labute approximate surface area is 77.2 Å². The van der Waals surface area contributed by atoms with Gasteiger partial charge in [0.05, 0.1) is 5.70 Å². The second-order valence-corrected chi connectivity index (χ2v) is 2.44. The van der Waals surface area contributed by atoms with Crippen LogP contribution in [0, 0.1) is 0 Å². The van der Waals surface area contributed by atoms with Crippen molar-refractivity contribution < 1.29 is 4.79 Å². The minimum Gasteiger partial charge on any atom is -0.401 e. The molecule has 0 aromatic carbocycles. The number of allylic oxidation sites excluding steroid dienone is 1. The smallest absolute Gasteiger partial charge is 0.222 e. The van der Waals surface area contributed by atoms with Crippen molar-refractivity contribution in [3.8, 4) is 0 Å². The Morgan fingerprint density at radius 3 is 2.31 bits per heavy atom. The van der Waals surface area contributed by atoms with Crippen LogP contribution in [-0.2, 0) is 4.79 Å². The van der Waals surface area contributed by atoms with E-state index in [-0.39, 0.29) is 17.4 Å². The lowest BCUT2D eigenvalue weighted by molar-refractivity contribution is -0.117. The highest BCUT2D eigenvalue weighted by Gasteiger charge is 2.05. The molecule has 0 saturated heterocycles. The average molecular weight is 182 g/mol. The predicted octanol–water partition coefficient (Wildman–Crippen LogP) is -0.187. The van der Waals surface area contributed by atoms with Gasteiger partial charge in [-0.3, -0.25) is 4.79 Å². The van der Waals surface area contributed by atoms with Gasteiger partial charge in [-0.25, -0.2) is 4.99 Å². The molecule has 0 aliphatic heterocycles. The van der Waals surface area contributed by atoms with Gasteiger partial charge in [-0.1, -0.05) is 6.58 Å². The molecule has 5 heteroatoms. The molecule has 0 aromatic rings. The summed E-state index contributed by atoms with van der Waals surface area (Å²) in [4.78, 5) is 14.5. The lowest BCUT2D eigenvalue weighted by Crippen LogP contribution is -2.34. The van der Waals surface area contributed by atoms with Crippen LogP contribution in [0.2, 0.25) is 0 Å². The third-order valence-electron chi connectivity index (χ3n) is 1.19. The number of rotatable bonds is 2. The summed E-state index contributed by atoms with van der Waals surface area (Å²) in [5, 5.41) is 2.44. The van der Waals surface area contributed by atoms with E-state index in [0.29, 0.717) is 5.70 Å². The Morgan fingerprint density at radius 2 is 2.00 bits per heavy atom. The maximum absolute atomic E-state index is 10.7. The molecule has 0 aromatic heterocycles. The second-order valence-electron chi connectivity index (χ2n) is 2.44. The summed E-state index contributed by atoms with van der Waals surface area (Å²) in [5.41, 5.74) is 11.6. The normalized spacial score (nSPS) is 13.2. The zero-order valence-corrected chi connectivity index (χ0v) is 7.79. The number of hydrogen-bond acceptors (Lipinski definition) is 4. The molecule has 0 saturated carbocycles. The van der Waals surface area contributed by atoms with E-state index in [2.05, 4.69) is 16.9 Å². The molecule has 0 heterocycles. The molecule has 1 amide bonds. The van der Waals surface area contributed by atoms with E-state index in [1.54, 1.807) is 6.92 Å². The second kappa shape index (κ2) is 4.97. The van der Waals surface area contributed by atoms with Crippen molar-refractivity contribution in [1.82, 2.24) is 5.32 Å². The SMILES string of the molecule is C=CN=C(NC(C)=O)C(N)=C(C)N. The van der Waals surface area contributed by atoms with Crippen molar-refractivity contribution in [1.29, 1.82) is 0 Å². The van der Waals surface area contributed by atoms with Gasteiger partial charge in [-0.05, 0) is 6.92 Å². The highest BCUT2D eigenvalue weighted by Crippen LogP contribution is 1.92. The van der Waals surface area contributed by atoms with E-state index in [1.807, 2.05) is 0 Å². The number of nitrogens with zero attached hydrogens (tertiary/aromatic N) is 1. The number of nitrogens with one attached hydrogen (secondary N) is 1. The van der Waals surface area contributed by atoms with E-state index in [0.717, 1.165) is 0 Å². The molecule has 0 bridgehead atoms. The molecular formula is C8H14N4O. The molecule has 13 heavy (non-hydrogen) atoms. The van der Waals surface area contributed by atoms with Gasteiger partial charge in [0.2, 0.25) is 5.91 Å². The predicted molar refractivity (Wildman–Crippen MR) is 52.5 cm³/mol. The third-order valence-corrected chi connectivity index (χ3v) is 1.19. The molecule has 0 aliphatic rings. The van der Waals surface area contributed by atoms with Crippen molar-refractivity contribution in [3.05, 3.63) is 24.2 Å². The summed E-state index contributed by atoms with van der Waals surface area (Å²) in [7, 11) is 0. The molecular weight excluding hydrogens is 168 g/mol. The molecule has 0 spiro atoms. The number of aliphatic imine (C=N–C) groups is 1. The molecule has 5 N–H and O–H groups in total. The minimum atomic E-state index is -0.259. The Kier molecular flexibility index (Phi) is 4.29. The van der Waals surface area contributed by atoms with Gasteiger partial charge >= 0.3 is 0 Å². The van der Waals surface area contributed by atoms with Crippen LogP contribution in [0.4, 0.5) is 0 Å². The summed E-state index contributed by atoms with van der Waals surface area (Å²) in [6.45, 7) is 6.37.